The lowest BCUT2D eigenvalue weighted by molar-refractivity contribution is -0.121. The third-order valence-corrected chi connectivity index (χ3v) is 2.96. The first-order chi connectivity index (χ1) is 7.25. The normalized spacial score (nSPS) is 21.9. The van der Waals surface area contributed by atoms with Crippen LogP contribution in [0, 0.1) is 6.92 Å². The number of carbonyl (C=O) groups is 1. The minimum atomic E-state index is 0.193. The van der Waals surface area contributed by atoms with Gasteiger partial charge in [-0.2, -0.15) is 0 Å². The predicted molar refractivity (Wildman–Crippen MR) is 60.5 cm³/mol. The smallest absolute Gasteiger partial charge is 0.220 e. The van der Waals surface area contributed by atoms with Gasteiger partial charge < -0.3 is 5.32 Å². The molecule has 1 fully saturated rings. The molecule has 1 unspecified atom stereocenters. The Morgan fingerprint density at radius 2 is 1.93 bits per heavy atom. The summed E-state index contributed by atoms with van der Waals surface area (Å²) in [6, 6.07) is 8.66. The van der Waals surface area contributed by atoms with Gasteiger partial charge in [0.15, 0.2) is 0 Å². The molecule has 0 spiro atoms. The Hall–Kier alpha value is -1.31. The molecule has 1 atom stereocenters. The summed E-state index contributed by atoms with van der Waals surface area (Å²) in [7, 11) is 0. The van der Waals surface area contributed by atoms with Crippen molar-refractivity contribution in [3.63, 3.8) is 0 Å². The molecule has 1 heterocycles. The summed E-state index contributed by atoms with van der Waals surface area (Å²) in [6.07, 6.45) is 3.91. The van der Waals surface area contributed by atoms with Crippen molar-refractivity contribution < 1.29 is 4.79 Å². The molecule has 1 saturated heterocycles. The van der Waals surface area contributed by atoms with Crippen molar-refractivity contribution >= 4 is 5.91 Å². The van der Waals surface area contributed by atoms with E-state index in [9.17, 15) is 4.79 Å². The highest BCUT2D eigenvalue weighted by Crippen LogP contribution is 2.23. The van der Waals surface area contributed by atoms with Crippen molar-refractivity contribution in [1.29, 1.82) is 0 Å². The van der Waals surface area contributed by atoms with Crippen LogP contribution in [-0.2, 0) is 4.79 Å². The second-order valence-corrected chi connectivity index (χ2v) is 4.28. The summed E-state index contributed by atoms with van der Waals surface area (Å²) in [5, 5.41) is 3.08. The monoisotopic (exact) mass is 203 g/mol. The van der Waals surface area contributed by atoms with Crippen LogP contribution in [-0.4, -0.2) is 5.91 Å². The molecule has 2 rings (SSSR count). The first-order valence-electron chi connectivity index (χ1n) is 5.61. The van der Waals surface area contributed by atoms with Crippen LogP contribution in [0.4, 0.5) is 0 Å². The average molecular weight is 203 g/mol. The van der Waals surface area contributed by atoms with E-state index in [-0.39, 0.29) is 11.9 Å². The minimum Gasteiger partial charge on any atom is -0.349 e. The fourth-order valence-electron chi connectivity index (χ4n) is 2.02. The molecule has 1 aliphatic rings. The van der Waals surface area contributed by atoms with Crippen molar-refractivity contribution in [3.8, 4) is 0 Å². The Labute approximate surface area is 90.7 Å². The maximum Gasteiger partial charge on any atom is 0.220 e. The molecule has 0 aromatic heterocycles. The van der Waals surface area contributed by atoms with E-state index >= 15 is 0 Å². The zero-order valence-electron chi connectivity index (χ0n) is 9.12. The standard InChI is InChI=1S/C13H17NO/c1-10-6-8-11(9-7-10)12-4-2-3-5-13(15)14-12/h6-9,12H,2-5H2,1H3,(H,14,15). The average Bonchev–Trinajstić information content (AvgIpc) is 2.44. The summed E-state index contributed by atoms with van der Waals surface area (Å²) in [6.45, 7) is 2.08. The van der Waals surface area contributed by atoms with E-state index in [1.165, 1.54) is 11.1 Å². The lowest BCUT2D eigenvalue weighted by Crippen LogP contribution is -2.25. The Kier molecular flexibility index (Phi) is 3.05. The molecule has 1 N–H and O–H groups in total. The molecule has 1 aromatic carbocycles. The molecular formula is C13H17NO. The van der Waals surface area contributed by atoms with E-state index in [0.717, 1.165) is 19.3 Å². The number of aryl methyl sites for hydroxylation is 1. The highest BCUT2D eigenvalue weighted by Gasteiger charge is 2.17. The maximum absolute atomic E-state index is 11.4. The van der Waals surface area contributed by atoms with Gasteiger partial charge in [0.1, 0.15) is 0 Å². The van der Waals surface area contributed by atoms with Crippen LogP contribution >= 0.6 is 0 Å². The number of benzene rings is 1. The predicted octanol–water partition coefficient (Wildman–Crippen LogP) is 2.73. The summed E-state index contributed by atoms with van der Waals surface area (Å²) < 4.78 is 0. The first-order valence-corrected chi connectivity index (χ1v) is 5.61. The maximum atomic E-state index is 11.4. The van der Waals surface area contributed by atoms with Crippen LogP contribution in [0.1, 0.15) is 42.9 Å². The van der Waals surface area contributed by atoms with Gasteiger partial charge in [0, 0.05) is 6.42 Å². The van der Waals surface area contributed by atoms with Crippen LogP contribution in [0.15, 0.2) is 24.3 Å². The molecule has 0 bridgehead atoms. The fourth-order valence-corrected chi connectivity index (χ4v) is 2.02. The van der Waals surface area contributed by atoms with Crippen LogP contribution in [0.3, 0.4) is 0 Å². The van der Waals surface area contributed by atoms with E-state index < -0.39 is 0 Å². The summed E-state index contributed by atoms with van der Waals surface area (Å²) in [5.74, 6) is 0.193. The summed E-state index contributed by atoms with van der Waals surface area (Å²) in [4.78, 5) is 11.4. The van der Waals surface area contributed by atoms with Gasteiger partial charge in [0.05, 0.1) is 6.04 Å². The van der Waals surface area contributed by atoms with Crippen molar-refractivity contribution in [2.75, 3.05) is 0 Å². The Morgan fingerprint density at radius 1 is 1.20 bits per heavy atom. The minimum absolute atomic E-state index is 0.193. The largest absolute Gasteiger partial charge is 0.349 e. The van der Waals surface area contributed by atoms with Gasteiger partial charge in [0.25, 0.3) is 0 Å². The molecule has 0 radical (unpaired) electrons. The zero-order valence-corrected chi connectivity index (χ0v) is 9.12. The lowest BCUT2D eigenvalue weighted by atomic mass is 10.0. The zero-order chi connectivity index (χ0) is 10.7. The molecule has 2 heteroatoms. The van der Waals surface area contributed by atoms with Gasteiger partial charge in [-0.05, 0) is 25.3 Å². The Bertz CT molecular complexity index is 342. The number of nitrogens with one attached hydrogen (secondary N) is 1. The van der Waals surface area contributed by atoms with E-state index in [2.05, 4.69) is 36.5 Å². The van der Waals surface area contributed by atoms with Crippen LogP contribution in [0.5, 0.6) is 0 Å². The third kappa shape index (κ3) is 2.58. The number of rotatable bonds is 1. The topological polar surface area (TPSA) is 29.1 Å². The molecule has 0 aliphatic carbocycles. The fraction of sp³-hybridized carbons (Fsp3) is 0.462. The lowest BCUT2D eigenvalue weighted by Gasteiger charge is -2.16. The van der Waals surface area contributed by atoms with Crippen LogP contribution in [0.25, 0.3) is 0 Å². The number of amides is 1. The number of hydrogen-bond donors (Lipinski definition) is 1. The highest BCUT2D eigenvalue weighted by molar-refractivity contribution is 5.76. The SMILES string of the molecule is Cc1ccc(C2CCCCC(=O)N2)cc1. The Balaban J connectivity index is 2.14. The van der Waals surface area contributed by atoms with Crippen LogP contribution < -0.4 is 5.32 Å². The van der Waals surface area contributed by atoms with Crippen molar-refractivity contribution in [1.82, 2.24) is 5.32 Å². The second-order valence-electron chi connectivity index (χ2n) is 4.28. The van der Waals surface area contributed by atoms with E-state index in [4.69, 9.17) is 0 Å². The van der Waals surface area contributed by atoms with Gasteiger partial charge >= 0.3 is 0 Å². The molecule has 15 heavy (non-hydrogen) atoms. The van der Waals surface area contributed by atoms with Crippen molar-refractivity contribution in [2.24, 2.45) is 0 Å². The van der Waals surface area contributed by atoms with Gasteiger partial charge in [-0.3, -0.25) is 4.79 Å². The molecule has 1 aliphatic heterocycles. The summed E-state index contributed by atoms with van der Waals surface area (Å²) >= 11 is 0. The first kappa shape index (κ1) is 10.2. The number of hydrogen-bond acceptors (Lipinski definition) is 1. The van der Waals surface area contributed by atoms with E-state index in [1.54, 1.807) is 0 Å². The van der Waals surface area contributed by atoms with Crippen molar-refractivity contribution in [3.05, 3.63) is 35.4 Å². The second kappa shape index (κ2) is 4.47. The van der Waals surface area contributed by atoms with Gasteiger partial charge in [-0.1, -0.05) is 36.2 Å². The highest BCUT2D eigenvalue weighted by atomic mass is 16.1. The van der Waals surface area contributed by atoms with Gasteiger partial charge in [-0.15, -0.1) is 0 Å². The van der Waals surface area contributed by atoms with Gasteiger partial charge in [0.2, 0.25) is 5.91 Å². The quantitative estimate of drug-likeness (QED) is 0.747. The molecular weight excluding hydrogens is 186 g/mol. The molecule has 1 aromatic rings. The molecule has 80 valence electrons. The van der Waals surface area contributed by atoms with Gasteiger partial charge in [-0.25, -0.2) is 0 Å². The van der Waals surface area contributed by atoms with E-state index in [0.29, 0.717) is 6.42 Å². The molecule has 1 amide bonds. The third-order valence-electron chi connectivity index (χ3n) is 2.96. The van der Waals surface area contributed by atoms with E-state index in [1.807, 2.05) is 0 Å². The van der Waals surface area contributed by atoms with Crippen molar-refractivity contribution in [2.45, 2.75) is 38.6 Å². The molecule has 2 nitrogen and oxygen atoms in total. The Morgan fingerprint density at radius 3 is 2.67 bits per heavy atom. The number of carbonyl (C=O) groups excluding carboxylic acids is 1. The summed E-state index contributed by atoms with van der Waals surface area (Å²) in [5.41, 5.74) is 2.49. The van der Waals surface area contributed by atoms with Crippen LogP contribution in [0.2, 0.25) is 0 Å². The molecule has 0 saturated carbocycles.